The van der Waals surface area contributed by atoms with Gasteiger partial charge in [0.15, 0.2) is 9.84 Å². The Hall–Kier alpha value is -2.51. The summed E-state index contributed by atoms with van der Waals surface area (Å²) in [6.45, 7) is 2.01. The van der Waals surface area contributed by atoms with E-state index in [1.165, 1.54) is 0 Å². The molecule has 2 aromatic rings. The number of carbonyl (C=O) groups is 2. The number of nitrogens with zero attached hydrogens (tertiary/aromatic N) is 1. The lowest BCUT2D eigenvalue weighted by molar-refractivity contribution is -0.155. The van der Waals surface area contributed by atoms with E-state index in [0.717, 1.165) is 24.0 Å². The first kappa shape index (κ1) is 21.3. The molecule has 0 N–H and O–H groups in total. The zero-order chi connectivity index (χ0) is 22.5. The van der Waals surface area contributed by atoms with Crippen molar-refractivity contribution >= 4 is 21.6 Å². The van der Waals surface area contributed by atoms with Crippen molar-refractivity contribution < 1.29 is 22.7 Å². The number of piperidine rings is 1. The summed E-state index contributed by atoms with van der Waals surface area (Å²) in [5, 5.41) is -0.811. The Morgan fingerprint density at radius 1 is 1.06 bits per heavy atom. The average molecular weight is 454 g/mol. The minimum Gasteiger partial charge on any atom is -0.465 e. The minimum absolute atomic E-state index is 0.103. The SMILES string of the molecule is CCOC(=O)C1c2ccccc2C2C(S(=O)(=O)c3ccccc3)CC3C(=O)CCCC3N12. The number of ketones is 1. The van der Waals surface area contributed by atoms with Gasteiger partial charge in [-0.25, -0.2) is 13.2 Å². The van der Waals surface area contributed by atoms with Crippen LogP contribution in [0.1, 0.15) is 55.8 Å². The first-order valence-electron chi connectivity index (χ1n) is 11.3. The van der Waals surface area contributed by atoms with E-state index in [0.29, 0.717) is 6.42 Å². The highest BCUT2D eigenvalue weighted by Crippen LogP contribution is 2.55. The Morgan fingerprint density at radius 3 is 2.47 bits per heavy atom. The van der Waals surface area contributed by atoms with E-state index < -0.39 is 33.1 Å². The fourth-order valence-electron chi connectivity index (χ4n) is 5.96. The van der Waals surface area contributed by atoms with Crippen LogP contribution in [-0.4, -0.2) is 43.0 Å². The summed E-state index contributed by atoms with van der Waals surface area (Å²) < 4.78 is 33.2. The number of rotatable bonds is 4. The van der Waals surface area contributed by atoms with Crippen molar-refractivity contribution in [3.8, 4) is 0 Å². The minimum atomic E-state index is -3.74. The second kappa shape index (κ2) is 8.12. The summed E-state index contributed by atoms with van der Waals surface area (Å²) in [5.74, 6) is -0.668. The number of hydrogen-bond acceptors (Lipinski definition) is 6. The number of hydrogen-bond donors (Lipinski definition) is 0. The Kier molecular flexibility index (Phi) is 5.42. The lowest BCUT2D eigenvalue weighted by Gasteiger charge is -2.49. The van der Waals surface area contributed by atoms with Crippen molar-refractivity contribution in [2.45, 2.75) is 60.9 Å². The van der Waals surface area contributed by atoms with E-state index in [2.05, 4.69) is 0 Å². The summed E-state index contributed by atoms with van der Waals surface area (Å²) in [6.07, 6.45) is 2.28. The van der Waals surface area contributed by atoms with Crippen LogP contribution in [-0.2, 0) is 24.2 Å². The van der Waals surface area contributed by atoms with Crippen LogP contribution in [0.3, 0.4) is 0 Å². The second-order valence-corrected chi connectivity index (χ2v) is 11.0. The van der Waals surface area contributed by atoms with Gasteiger partial charge in [-0.2, -0.15) is 0 Å². The van der Waals surface area contributed by atoms with Crippen LogP contribution in [0.15, 0.2) is 59.5 Å². The number of fused-ring (bicyclic) bond motifs is 5. The van der Waals surface area contributed by atoms with E-state index in [-0.39, 0.29) is 35.7 Å². The molecule has 1 saturated heterocycles. The van der Waals surface area contributed by atoms with Crippen molar-refractivity contribution in [1.29, 1.82) is 0 Å². The molecule has 168 valence electrons. The molecule has 7 heteroatoms. The number of esters is 1. The molecule has 5 rings (SSSR count). The average Bonchev–Trinajstić information content (AvgIpc) is 3.15. The largest absolute Gasteiger partial charge is 0.465 e. The van der Waals surface area contributed by atoms with Crippen LogP contribution < -0.4 is 0 Å². The van der Waals surface area contributed by atoms with Crippen LogP contribution in [0.2, 0.25) is 0 Å². The maximum atomic E-state index is 13.9. The molecule has 2 heterocycles. The van der Waals surface area contributed by atoms with Gasteiger partial charge < -0.3 is 4.74 Å². The van der Waals surface area contributed by atoms with Gasteiger partial charge in [-0.15, -0.1) is 0 Å². The van der Waals surface area contributed by atoms with Crippen LogP contribution >= 0.6 is 0 Å². The summed E-state index contributed by atoms with van der Waals surface area (Å²) in [4.78, 5) is 28.4. The predicted octanol–water partition coefficient (Wildman–Crippen LogP) is 3.63. The molecular weight excluding hydrogens is 426 g/mol. The van der Waals surface area contributed by atoms with Gasteiger partial charge in [0.25, 0.3) is 0 Å². The Morgan fingerprint density at radius 2 is 1.75 bits per heavy atom. The zero-order valence-electron chi connectivity index (χ0n) is 18.0. The first-order chi connectivity index (χ1) is 15.4. The summed E-state index contributed by atoms with van der Waals surface area (Å²) in [7, 11) is -3.74. The molecular formula is C25H27NO5S. The Labute approximate surface area is 188 Å². The van der Waals surface area contributed by atoms with Crippen LogP contribution in [0.25, 0.3) is 0 Å². The number of ether oxygens (including phenoxy) is 1. The lowest BCUT2D eigenvalue weighted by Crippen LogP contribution is -2.57. The monoisotopic (exact) mass is 453 g/mol. The van der Waals surface area contributed by atoms with Crippen molar-refractivity contribution in [2.24, 2.45) is 5.92 Å². The summed E-state index contributed by atoms with van der Waals surface area (Å²) in [6, 6.07) is 14.7. The molecule has 0 amide bonds. The Balaban J connectivity index is 1.69. The molecule has 0 aromatic heterocycles. The van der Waals surface area contributed by atoms with E-state index in [1.54, 1.807) is 37.3 Å². The highest BCUT2D eigenvalue weighted by Gasteiger charge is 2.58. The molecule has 0 radical (unpaired) electrons. The van der Waals surface area contributed by atoms with Gasteiger partial charge in [0.1, 0.15) is 11.8 Å². The van der Waals surface area contributed by atoms with Crippen molar-refractivity contribution in [2.75, 3.05) is 6.61 Å². The maximum Gasteiger partial charge on any atom is 0.328 e. The molecule has 0 spiro atoms. The van der Waals surface area contributed by atoms with Gasteiger partial charge in [0, 0.05) is 18.4 Å². The molecule has 32 heavy (non-hydrogen) atoms. The number of sulfone groups is 1. The molecule has 1 aliphatic carbocycles. The number of carbonyl (C=O) groups excluding carboxylic acids is 2. The highest BCUT2D eigenvalue weighted by atomic mass is 32.2. The first-order valence-corrected chi connectivity index (χ1v) is 12.8. The highest BCUT2D eigenvalue weighted by molar-refractivity contribution is 7.92. The molecule has 2 aliphatic heterocycles. The van der Waals surface area contributed by atoms with Crippen LogP contribution in [0.5, 0.6) is 0 Å². The molecule has 1 saturated carbocycles. The van der Waals surface area contributed by atoms with Crippen molar-refractivity contribution in [3.63, 3.8) is 0 Å². The van der Waals surface area contributed by atoms with Gasteiger partial charge in [-0.1, -0.05) is 42.5 Å². The van der Waals surface area contributed by atoms with Crippen LogP contribution in [0, 0.1) is 5.92 Å². The van der Waals surface area contributed by atoms with Crippen molar-refractivity contribution in [3.05, 3.63) is 65.7 Å². The third-order valence-corrected chi connectivity index (χ3v) is 9.41. The van der Waals surface area contributed by atoms with E-state index in [1.807, 2.05) is 29.2 Å². The predicted molar refractivity (Wildman–Crippen MR) is 119 cm³/mol. The van der Waals surface area contributed by atoms with E-state index in [4.69, 9.17) is 4.74 Å². The molecule has 5 atom stereocenters. The van der Waals surface area contributed by atoms with Gasteiger partial charge in [0.2, 0.25) is 0 Å². The van der Waals surface area contributed by atoms with Gasteiger partial charge in [0.05, 0.1) is 22.8 Å². The smallest absolute Gasteiger partial charge is 0.328 e. The molecule has 2 fully saturated rings. The van der Waals surface area contributed by atoms with E-state index in [9.17, 15) is 18.0 Å². The quantitative estimate of drug-likeness (QED) is 0.658. The fraction of sp³-hybridized carbons (Fsp3) is 0.440. The van der Waals surface area contributed by atoms with Gasteiger partial charge in [-0.05, 0) is 49.4 Å². The molecule has 2 aromatic carbocycles. The van der Waals surface area contributed by atoms with E-state index >= 15 is 0 Å². The topological polar surface area (TPSA) is 80.8 Å². The lowest BCUT2D eigenvalue weighted by atomic mass is 9.75. The standard InChI is InChI=1S/C25H27NO5S/c1-2-31-25(28)24-18-12-7-6-11-17(18)23-22(32(29,30)16-9-4-3-5-10-16)15-19-20(26(23)24)13-8-14-21(19)27/h3-7,9-12,19-20,22-24H,2,8,13-15H2,1H3. The molecule has 6 nitrogen and oxygen atoms in total. The maximum absolute atomic E-state index is 13.9. The third-order valence-electron chi connectivity index (χ3n) is 7.23. The summed E-state index contributed by atoms with van der Waals surface area (Å²) in [5.41, 5.74) is 1.65. The van der Waals surface area contributed by atoms with Crippen LogP contribution in [0.4, 0.5) is 0 Å². The van der Waals surface area contributed by atoms with Gasteiger partial charge in [-0.3, -0.25) is 9.69 Å². The normalized spacial score (nSPS) is 29.7. The second-order valence-electron chi connectivity index (χ2n) is 8.84. The fourth-order valence-corrected chi connectivity index (χ4v) is 7.94. The number of Topliss-reactive ketones (excluding diaryl/α,β-unsaturated/α-hetero) is 1. The van der Waals surface area contributed by atoms with Crippen molar-refractivity contribution in [1.82, 2.24) is 4.90 Å². The summed E-state index contributed by atoms with van der Waals surface area (Å²) >= 11 is 0. The molecule has 0 bridgehead atoms. The zero-order valence-corrected chi connectivity index (χ0v) is 18.8. The number of benzene rings is 2. The third kappa shape index (κ3) is 3.21. The Bertz CT molecular complexity index is 1150. The molecule has 3 aliphatic rings. The molecule has 5 unspecified atom stereocenters. The van der Waals surface area contributed by atoms with Gasteiger partial charge >= 0.3 is 5.97 Å².